The molecule has 22 heavy (non-hydrogen) atoms. The molecule has 4 nitrogen and oxygen atoms in total. The molecular weight excluding hydrogens is 295 g/mol. The van der Waals surface area contributed by atoms with Gasteiger partial charge in [0, 0.05) is 10.6 Å². The highest BCUT2D eigenvalue weighted by atomic mass is 31.2. The van der Waals surface area contributed by atoms with E-state index in [4.69, 9.17) is 4.74 Å². The zero-order valence-electron chi connectivity index (χ0n) is 12.1. The van der Waals surface area contributed by atoms with Gasteiger partial charge in [0.15, 0.2) is 11.3 Å². The minimum Gasteiger partial charge on any atom is -0.494 e. The van der Waals surface area contributed by atoms with E-state index in [0.29, 0.717) is 21.9 Å². The van der Waals surface area contributed by atoms with Crippen LogP contribution in [0.4, 0.5) is 0 Å². The average Bonchev–Trinajstić information content (AvgIpc) is 2.62. The summed E-state index contributed by atoms with van der Waals surface area (Å²) in [5.74, 6) is 0.538. The van der Waals surface area contributed by atoms with Crippen molar-refractivity contribution in [1.29, 1.82) is 0 Å². The number of rotatable bonds is 4. The van der Waals surface area contributed by atoms with Gasteiger partial charge in [0.05, 0.1) is 19.5 Å². The third kappa shape index (κ3) is 2.53. The maximum absolute atomic E-state index is 13.9. The molecule has 0 atom stereocenters. The van der Waals surface area contributed by atoms with Gasteiger partial charge in [-0.1, -0.05) is 60.7 Å². The Kier molecular flexibility index (Phi) is 4.03. The summed E-state index contributed by atoms with van der Waals surface area (Å²) in [5, 5.41) is 1.43. The summed E-state index contributed by atoms with van der Waals surface area (Å²) in [4.78, 5) is 8.55. The zero-order valence-corrected chi connectivity index (χ0v) is 13.0. The van der Waals surface area contributed by atoms with E-state index in [2.05, 4.69) is 9.97 Å². The summed E-state index contributed by atoms with van der Waals surface area (Å²) in [5.41, 5.74) is 0.311. The Balaban J connectivity index is 2.21. The first kappa shape index (κ1) is 14.5. The Morgan fingerprint density at radius 2 is 1.27 bits per heavy atom. The van der Waals surface area contributed by atoms with Gasteiger partial charge < -0.3 is 9.30 Å². The largest absolute Gasteiger partial charge is 0.494 e. The van der Waals surface area contributed by atoms with E-state index in [0.717, 1.165) is 0 Å². The average molecular weight is 310 g/mol. The molecule has 1 heterocycles. The van der Waals surface area contributed by atoms with Crippen LogP contribution in [0.5, 0.6) is 5.75 Å². The Bertz CT molecular complexity index is 746. The van der Waals surface area contributed by atoms with Crippen LogP contribution in [0.15, 0.2) is 73.1 Å². The molecule has 0 aliphatic heterocycles. The van der Waals surface area contributed by atoms with Crippen molar-refractivity contribution in [2.75, 3.05) is 7.11 Å². The van der Waals surface area contributed by atoms with Gasteiger partial charge in [0.25, 0.3) is 0 Å². The van der Waals surface area contributed by atoms with Crippen LogP contribution in [0.3, 0.4) is 0 Å². The number of benzene rings is 2. The van der Waals surface area contributed by atoms with Crippen LogP contribution < -0.4 is 20.9 Å². The molecule has 0 fully saturated rings. The van der Waals surface area contributed by atoms with Gasteiger partial charge in [-0.3, -0.25) is 0 Å². The van der Waals surface area contributed by atoms with Crippen LogP contribution in [-0.2, 0) is 4.57 Å². The van der Waals surface area contributed by atoms with Crippen LogP contribution in [0.25, 0.3) is 0 Å². The number of hydrogen-bond donors (Lipinski definition) is 0. The van der Waals surface area contributed by atoms with Gasteiger partial charge in [-0.2, -0.15) is 0 Å². The molecule has 3 rings (SSSR count). The first-order chi connectivity index (χ1) is 10.7. The quantitative estimate of drug-likeness (QED) is 0.693. The summed E-state index contributed by atoms with van der Waals surface area (Å²) in [7, 11) is -1.54. The summed E-state index contributed by atoms with van der Waals surface area (Å²) in [6, 6.07) is 18.7. The van der Waals surface area contributed by atoms with E-state index in [-0.39, 0.29) is 0 Å². The van der Waals surface area contributed by atoms with Crippen LogP contribution in [0, 0.1) is 0 Å². The van der Waals surface area contributed by atoms with E-state index in [1.165, 1.54) is 0 Å². The molecule has 0 N–H and O–H groups in total. The van der Waals surface area contributed by atoms with E-state index in [9.17, 15) is 4.57 Å². The molecular formula is C17H15N2O2P. The Morgan fingerprint density at radius 3 is 1.68 bits per heavy atom. The fourth-order valence-corrected chi connectivity index (χ4v) is 4.62. The van der Waals surface area contributed by atoms with Crippen molar-refractivity contribution in [2.45, 2.75) is 0 Å². The molecule has 0 radical (unpaired) electrons. The van der Waals surface area contributed by atoms with E-state index in [1.54, 1.807) is 19.5 Å². The fraction of sp³-hybridized carbons (Fsp3) is 0.0588. The van der Waals surface area contributed by atoms with Crippen molar-refractivity contribution in [1.82, 2.24) is 9.97 Å². The Morgan fingerprint density at radius 1 is 0.818 bits per heavy atom. The molecule has 3 aromatic rings. The van der Waals surface area contributed by atoms with Crippen LogP contribution in [0.1, 0.15) is 0 Å². The third-order valence-corrected chi connectivity index (χ3v) is 6.22. The van der Waals surface area contributed by atoms with E-state index in [1.807, 2.05) is 60.7 Å². The molecule has 0 bridgehead atoms. The smallest absolute Gasteiger partial charge is 0.206 e. The normalized spacial score (nSPS) is 11.1. The second-order valence-corrected chi connectivity index (χ2v) is 7.35. The zero-order chi connectivity index (χ0) is 15.4. The monoisotopic (exact) mass is 310 g/mol. The lowest BCUT2D eigenvalue weighted by atomic mass is 10.4. The van der Waals surface area contributed by atoms with Crippen molar-refractivity contribution in [3.05, 3.63) is 73.1 Å². The first-order valence-corrected chi connectivity index (χ1v) is 8.53. The predicted octanol–water partition coefficient (Wildman–Crippen LogP) is 2.12. The molecule has 110 valence electrons. The van der Waals surface area contributed by atoms with E-state index < -0.39 is 7.14 Å². The second-order valence-electron chi connectivity index (χ2n) is 4.70. The van der Waals surface area contributed by atoms with Crippen LogP contribution in [0.2, 0.25) is 0 Å². The lowest BCUT2D eigenvalue weighted by Crippen LogP contribution is -2.28. The topological polar surface area (TPSA) is 52.1 Å². The fourth-order valence-electron chi connectivity index (χ4n) is 2.23. The summed E-state index contributed by atoms with van der Waals surface area (Å²) in [6.07, 6.45) is 3.09. The van der Waals surface area contributed by atoms with Crippen LogP contribution in [-0.4, -0.2) is 17.1 Å². The SMILES string of the molecule is COc1cnc(P(=O)(c2ccccc2)c2ccccc2)nc1. The van der Waals surface area contributed by atoms with Crippen molar-refractivity contribution in [2.24, 2.45) is 0 Å². The molecule has 0 saturated carbocycles. The predicted molar refractivity (Wildman–Crippen MR) is 88.0 cm³/mol. The Labute approximate surface area is 129 Å². The summed E-state index contributed by atoms with van der Waals surface area (Å²) >= 11 is 0. The first-order valence-electron chi connectivity index (χ1n) is 6.83. The van der Waals surface area contributed by atoms with Gasteiger partial charge in [-0.15, -0.1) is 0 Å². The minimum absolute atomic E-state index is 0.311. The highest BCUT2D eigenvalue weighted by molar-refractivity contribution is 7.84. The lowest BCUT2D eigenvalue weighted by Gasteiger charge is -2.17. The number of nitrogens with zero attached hydrogens (tertiary/aromatic N) is 2. The van der Waals surface area contributed by atoms with Gasteiger partial charge in [-0.05, 0) is 0 Å². The third-order valence-electron chi connectivity index (χ3n) is 3.37. The molecule has 1 aromatic heterocycles. The molecule has 5 heteroatoms. The minimum atomic E-state index is -3.08. The highest BCUT2D eigenvalue weighted by Crippen LogP contribution is 2.40. The van der Waals surface area contributed by atoms with Crippen molar-refractivity contribution in [3.8, 4) is 5.75 Å². The standard InChI is InChI=1S/C17H15N2O2P/c1-21-14-12-18-17(19-13-14)22(20,15-8-4-2-5-9-15)16-10-6-3-7-11-16/h2-13H,1H3. The Hall–Kier alpha value is -2.45. The lowest BCUT2D eigenvalue weighted by molar-refractivity contribution is 0.411. The summed E-state index contributed by atoms with van der Waals surface area (Å²) in [6.45, 7) is 0. The molecule has 0 amide bonds. The molecule has 2 aromatic carbocycles. The number of hydrogen-bond acceptors (Lipinski definition) is 4. The van der Waals surface area contributed by atoms with Crippen molar-refractivity contribution in [3.63, 3.8) is 0 Å². The molecule has 0 unspecified atom stereocenters. The molecule has 0 aliphatic rings. The maximum atomic E-state index is 13.9. The van der Waals surface area contributed by atoms with Gasteiger partial charge in [0.2, 0.25) is 7.14 Å². The molecule has 0 aliphatic carbocycles. The van der Waals surface area contributed by atoms with Gasteiger partial charge in [-0.25, -0.2) is 9.97 Å². The number of ether oxygens (including phenoxy) is 1. The number of methoxy groups -OCH3 is 1. The van der Waals surface area contributed by atoms with Gasteiger partial charge in [0.1, 0.15) is 0 Å². The number of aromatic nitrogens is 2. The van der Waals surface area contributed by atoms with E-state index >= 15 is 0 Å². The van der Waals surface area contributed by atoms with Crippen molar-refractivity contribution >= 4 is 23.3 Å². The second kappa shape index (κ2) is 6.12. The van der Waals surface area contributed by atoms with Crippen molar-refractivity contribution < 1.29 is 9.30 Å². The van der Waals surface area contributed by atoms with Gasteiger partial charge >= 0.3 is 0 Å². The maximum Gasteiger partial charge on any atom is 0.206 e. The summed E-state index contributed by atoms with van der Waals surface area (Å²) < 4.78 is 18.9. The highest BCUT2D eigenvalue weighted by Gasteiger charge is 2.32. The molecule has 0 saturated heterocycles. The van der Waals surface area contributed by atoms with Crippen LogP contribution >= 0.6 is 7.14 Å². The molecule has 0 spiro atoms.